The summed E-state index contributed by atoms with van der Waals surface area (Å²) in [4.78, 5) is 43.0. The van der Waals surface area contributed by atoms with Crippen molar-refractivity contribution < 1.29 is 29.0 Å². The van der Waals surface area contributed by atoms with Crippen molar-refractivity contribution in [1.82, 2.24) is 20.4 Å². The molecule has 0 saturated heterocycles. The van der Waals surface area contributed by atoms with E-state index >= 15 is 0 Å². The van der Waals surface area contributed by atoms with Crippen LogP contribution in [-0.4, -0.2) is 96.6 Å². The van der Waals surface area contributed by atoms with Crippen molar-refractivity contribution >= 4 is 23.7 Å². The van der Waals surface area contributed by atoms with E-state index in [0.29, 0.717) is 36.7 Å². The Morgan fingerprint density at radius 1 is 1.07 bits per heavy atom. The van der Waals surface area contributed by atoms with Gasteiger partial charge in [-0.25, -0.2) is 9.59 Å². The largest absolute Gasteiger partial charge is 0.490 e. The van der Waals surface area contributed by atoms with Crippen LogP contribution in [0.2, 0.25) is 0 Å². The van der Waals surface area contributed by atoms with Crippen LogP contribution in [0.3, 0.4) is 0 Å². The molecule has 1 aromatic carbocycles. The SMILES string of the molecule is CC(C)NC(=O)N(C)C[C@@H]1OCCCC[C@@H](C)Oc2ccc(NC(=O)NC3CCCCC3)cc2C(=O)N([C@@H](C)CO)C[C@H]1C. The molecule has 0 unspecified atom stereocenters. The predicted octanol–water partition coefficient (Wildman–Crippen LogP) is 4.99. The zero-order valence-electron chi connectivity index (χ0n) is 27.6. The minimum absolute atomic E-state index is 0.00722. The van der Waals surface area contributed by atoms with Crippen LogP contribution in [-0.2, 0) is 4.74 Å². The highest BCUT2D eigenvalue weighted by Crippen LogP contribution is 2.29. The van der Waals surface area contributed by atoms with Gasteiger partial charge in [0.15, 0.2) is 0 Å². The molecule has 0 spiro atoms. The van der Waals surface area contributed by atoms with Gasteiger partial charge in [0.2, 0.25) is 0 Å². The van der Waals surface area contributed by atoms with Crippen molar-refractivity contribution in [3.05, 3.63) is 23.8 Å². The van der Waals surface area contributed by atoms with Crippen molar-refractivity contribution in [2.45, 2.75) is 116 Å². The third-order valence-corrected chi connectivity index (χ3v) is 8.46. The van der Waals surface area contributed by atoms with Crippen LogP contribution >= 0.6 is 0 Å². The molecule has 3 rings (SSSR count). The lowest BCUT2D eigenvalue weighted by atomic mass is 9.96. The number of aliphatic hydroxyl groups excluding tert-OH is 1. The van der Waals surface area contributed by atoms with E-state index in [4.69, 9.17) is 9.47 Å². The Kier molecular flexibility index (Phi) is 14.0. The number of amides is 5. The van der Waals surface area contributed by atoms with Crippen molar-refractivity contribution in [3.8, 4) is 5.75 Å². The van der Waals surface area contributed by atoms with Gasteiger partial charge in [-0.3, -0.25) is 4.79 Å². The Hall–Kier alpha value is -3.05. The number of hydrogen-bond acceptors (Lipinski definition) is 6. The number of carbonyl (C=O) groups excluding carboxylic acids is 3. The van der Waals surface area contributed by atoms with E-state index in [1.165, 1.54) is 6.42 Å². The Bertz CT molecular complexity index is 1080. The molecule has 1 fully saturated rings. The van der Waals surface area contributed by atoms with Crippen molar-refractivity contribution in [2.24, 2.45) is 5.92 Å². The van der Waals surface area contributed by atoms with Gasteiger partial charge in [-0.15, -0.1) is 0 Å². The third kappa shape index (κ3) is 10.8. The summed E-state index contributed by atoms with van der Waals surface area (Å²) in [6, 6.07) is 4.36. The summed E-state index contributed by atoms with van der Waals surface area (Å²) in [7, 11) is 1.74. The van der Waals surface area contributed by atoms with Crippen LogP contribution in [0, 0.1) is 5.92 Å². The maximum atomic E-state index is 14.3. The Morgan fingerprint density at radius 3 is 2.45 bits per heavy atom. The van der Waals surface area contributed by atoms with Gasteiger partial charge < -0.3 is 40.3 Å². The summed E-state index contributed by atoms with van der Waals surface area (Å²) in [5.41, 5.74) is 0.814. The van der Waals surface area contributed by atoms with Crippen LogP contribution in [0.25, 0.3) is 0 Å². The number of carbonyl (C=O) groups is 3. The second-order valence-electron chi connectivity index (χ2n) is 12.9. The smallest absolute Gasteiger partial charge is 0.319 e. The minimum atomic E-state index is -0.489. The highest BCUT2D eigenvalue weighted by atomic mass is 16.5. The number of ether oxygens (including phenoxy) is 2. The van der Waals surface area contributed by atoms with Gasteiger partial charge in [-0.05, 0) is 78.0 Å². The van der Waals surface area contributed by atoms with Crippen molar-refractivity contribution in [1.29, 1.82) is 0 Å². The highest BCUT2D eigenvalue weighted by Gasteiger charge is 2.31. The molecule has 0 aromatic heterocycles. The number of hydrogen-bond donors (Lipinski definition) is 4. The van der Waals surface area contributed by atoms with Crippen molar-refractivity contribution in [2.75, 3.05) is 38.7 Å². The first kappa shape index (κ1) is 35.4. The van der Waals surface area contributed by atoms with E-state index in [1.54, 1.807) is 42.0 Å². The molecule has 1 aromatic rings. The maximum Gasteiger partial charge on any atom is 0.319 e. The van der Waals surface area contributed by atoms with Crippen LogP contribution < -0.4 is 20.7 Å². The zero-order chi connectivity index (χ0) is 32.2. The van der Waals surface area contributed by atoms with Gasteiger partial charge in [0.25, 0.3) is 5.91 Å². The summed E-state index contributed by atoms with van der Waals surface area (Å²) in [5.74, 6) is -0.0202. The second-order valence-corrected chi connectivity index (χ2v) is 12.9. The number of aliphatic hydroxyl groups is 1. The molecule has 44 heavy (non-hydrogen) atoms. The number of nitrogens with one attached hydrogen (secondary N) is 3. The predicted molar refractivity (Wildman–Crippen MR) is 172 cm³/mol. The molecule has 1 heterocycles. The Balaban J connectivity index is 1.88. The van der Waals surface area contributed by atoms with Crippen LogP contribution in [0.5, 0.6) is 5.75 Å². The van der Waals surface area contributed by atoms with Crippen LogP contribution in [0.1, 0.15) is 96.3 Å². The van der Waals surface area contributed by atoms with E-state index in [-0.39, 0.29) is 54.8 Å². The molecule has 248 valence electrons. The van der Waals surface area contributed by atoms with E-state index in [1.807, 2.05) is 27.7 Å². The molecule has 1 saturated carbocycles. The first-order chi connectivity index (χ1) is 21.0. The first-order valence-electron chi connectivity index (χ1n) is 16.4. The lowest BCUT2D eigenvalue weighted by Gasteiger charge is -2.36. The zero-order valence-corrected chi connectivity index (χ0v) is 27.6. The first-order valence-corrected chi connectivity index (χ1v) is 16.4. The molecule has 1 aliphatic heterocycles. The fourth-order valence-electron chi connectivity index (χ4n) is 5.77. The normalized spacial score (nSPS) is 23.1. The summed E-state index contributed by atoms with van der Waals surface area (Å²) in [6.45, 7) is 10.6. The molecule has 11 heteroatoms. The van der Waals surface area contributed by atoms with Gasteiger partial charge in [0.05, 0.1) is 30.4 Å². The third-order valence-electron chi connectivity index (χ3n) is 8.46. The van der Waals surface area contributed by atoms with E-state index in [0.717, 1.165) is 44.9 Å². The van der Waals surface area contributed by atoms with E-state index in [9.17, 15) is 19.5 Å². The quantitative estimate of drug-likeness (QED) is 0.341. The topological polar surface area (TPSA) is 132 Å². The summed E-state index contributed by atoms with van der Waals surface area (Å²) >= 11 is 0. The van der Waals surface area contributed by atoms with E-state index in [2.05, 4.69) is 16.0 Å². The highest BCUT2D eigenvalue weighted by molar-refractivity contribution is 5.99. The average Bonchev–Trinajstić information content (AvgIpc) is 2.98. The number of urea groups is 2. The number of benzene rings is 1. The summed E-state index contributed by atoms with van der Waals surface area (Å²) < 4.78 is 12.6. The maximum absolute atomic E-state index is 14.3. The lowest BCUT2D eigenvalue weighted by molar-refractivity contribution is -0.0122. The number of likely N-dealkylation sites (N-methyl/N-ethyl adjacent to an activating group) is 1. The number of rotatable bonds is 7. The monoisotopic (exact) mass is 617 g/mol. The Labute approximate surface area is 263 Å². The fraction of sp³-hybridized carbons (Fsp3) is 0.727. The van der Waals surface area contributed by atoms with Gasteiger partial charge in [0.1, 0.15) is 5.75 Å². The molecule has 4 atom stereocenters. The number of fused-ring (bicyclic) bond motifs is 1. The Morgan fingerprint density at radius 2 is 1.77 bits per heavy atom. The van der Waals surface area contributed by atoms with Crippen LogP contribution in [0.15, 0.2) is 18.2 Å². The van der Waals surface area contributed by atoms with Crippen LogP contribution in [0.4, 0.5) is 15.3 Å². The summed E-state index contributed by atoms with van der Waals surface area (Å²) in [5, 5.41) is 19.0. The molecule has 0 bridgehead atoms. The van der Waals surface area contributed by atoms with Gasteiger partial charge >= 0.3 is 12.1 Å². The van der Waals surface area contributed by atoms with E-state index < -0.39 is 6.04 Å². The molecular formula is C33H55N5O6. The van der Waals surface area contributed by atoms with Gasteiger partial charge in [-0.2, -0.15) is 0 Å². The van der Waals surface area contributed by atoms with Crippen molar-refractivity contribution in [3.63, 3.8) is 0 Å². The molecule has 4 N–H and O–H groups in total. The fourth-order valence-corrected chi connectivity index (χ4v) is 5.77. The lowest BCUT2D eigenvalue weighted by Crippen LogP contribution is -2.49. The molecule has 2 aliphatic rings. The molecule has 1 aliphatic carbocycles. The molecule has 5 amide bonds. The molecular weight excluding hydrogens is 562 g/mol. The number of nitrogens with zero attached hydrogens (tertiary/aromatic N) is 2. The minimum Gasteiger partial charge on any atom is -0.490 e. The molecule has 0 radical (unpaired) electrons. The second kappa shape index (κ2) is 17.4. The average molecular weight is 618 g/mol. The number of anilines is 1. The van der Waals surface area contributed by atoms with Gasteiger partial charge in [-0.1, -0.05) is 26.2 Å². The summed E-state index contributed by atoms with van der Waals surface area (Å²) in [6.07, 6.45) is 7.36. The standard InChI is InChI=1S/C33H55N5O6/c1-22(2)34-33(42)37(6)20-30-23(3)19-38(24(4)21-39)31(40)28-18-27(36-32(41)35-26-13-8-7-9-14-26)15-16-29(28)44-25(5)12-10-11-17-43-30/h15-16,18,22-26,30,39H,7-14,17,19-21H2,1-6H3,(H,34,42)(H2,35,36,41)/t23-,24+,25-,30+/m1/s1. The molecule has 11 nitrogen and oxygen atoms in total. The van der Waals surface area contributed by atoms with Gasteiger partial charge in [0, 0.05) is 50.4 Å².